The lowest BCUT2D eigenvalue weighted by Gasteiger charge is -2.19. The molecule has 3 rings (SSSR count). The zero-order chi connectivity index (χ0) is 26.3. The topological polar surface area (TPSA) is 96.5 Å². The summed E-state index contributed by atoms with van der Waals surface area (Å²) in [6, 6.07) is 19.0. The largest absolute Gasteiger partial charge is 0.493 e. The zero-order valence-corrected chi connectivity index (χ0v) is 22.4. The minimum Gasteiger partial charge on any atom is -0.493 e. The predicted molar refractivity (Wildman–Crippen MR) is 144 cm³/mol. The second kappa shape index (κ2) is 11.9. The number of nitrogens with one attached hydrogen (secondary N) is 3. The van der Waals surface area contributed by atoms with Crippen LogP contribution in [0.2, 0.25) is 0 Å². The highest BCUT2D eigenvalue weighted by Crippen LogP contribution is 2.24. The molecule has 3 amide bonds. The molecule has 0 fully saturated rings. The number of carbonyl (C=O) groups is 3. The Bertz CT molecular complexity index is 1230. The maximum Gasteiger partial charge on any atom is 0.273 e. The van der Waals surface area contributed by atoms with Gasteiger partial charge in [-0.2, -0.15) is 0 Å². The number of hydrogen-bond donors (Lipinski definition) is 3. The molecule has 188 valence electrons. The number of benzene rings is 3. The van der Waals surface area contributed by atoms with Gasteiger partial charge in [-0.25, -0.2) is 0 Å². The highest BCUT2D eigenvalue weighted by molar-refractivity contribution is 9.10. The average molecular weight is 552 g/mol. The molecule has 0 aliphatic rings. The van der Waals surface area contributed by atoms with Gasteiger partial charge in [-0.15, -0.1) is 0 Å². The fourth-order valence-electron chi connectivity index (χ4n) is 3.30. The number of hydrogen-bond acceptors (Lipinski definition) is 4. The van der Waals surface area contributed by atoms with E-state index in [2.05, 4.69) is 52.9 Å². The Labute approximate surface area is 219 Å². The van der Waals surface area contributed by atoms with Crippen LogP contribution < -0.4 is 20.9 Å². The van der Waals surface area contributed by atoms with E-state index in [1.54, 1.807) is 54.6 Å². The molecule has 0 bridgehead atoms. The standard InChI is InChI=1S/C28H30BrN3O4/c1-5-16-36-24-15-12-21(29)17-23(24)27(35)32-31-26(34)19-8-13-22(14-9-19)30-25(33)18-6-10-20(11-7-18)28(2,3)4/h6-15,17H,5,16H2,1-4H3,(H,30,33)(H,31,34)(H,32,35). The second-order valence-electron chi connectivity index (χ2n) is 9.26. The van der Waals surface area contributed by atoms with Crippen molar-refractivity contribution in [1.82, 2.24) is 10.9 Å². The van der Waals surface area contributed by atoms with Crippen molar-refractivity contribution in [3.8, 4) is 5.75 Å². The van der Waals surface area contributed by atoms with Gasteiger partial charge in [0, 0.05) is 21.3 Å². The fraction of sp³-hybridized carbons (Fsp3) is 0.250. The molecule has 3 aromatic rings. The Hall–Kier alpha value is -3.65. The fourth-order valence-corrected chi connectivity index (χ4v) is 3.66. The lowest BCUT2D eigenvalue weighted by molar-refractivity contribution is 0.0844. The van der Waals surface area contributed by atoms with Crippen LogP contribution in [-0.2, 0) is 5.41 Å². The van der Waals surface area contributed by atoms with Gasteiger partial charge in [-0.3, -0.25) is 25.2 Å². The van der Waals surface area contributed by atoms with Crippen LogP contribution in [0.25, 0.3) is 0 Å². The predicted octanol–water partition coefficient (Wildman–Crippen LogP) is 5.86. The lowest BCUT2D eigenvalue weighted by atomic mass is 9.87. The van der Waals surface area contributed by atoms with Crippen LogP contribution in [0.1, 0.15) is 70.8 Å². The number of hydrazine groups is 1. The molecule has 0 saturated carbocycles. The number of anilines is 1. The Balaban J connectivity index is 1.58. The smallest absolute Gasteiger partial charge is 0.273 e. The number of halogens is 1. The van der Waals surface area contributed by atoms with Crippen LogP contribution in [0.5, 0.6) is 5.75 Å². The third-order valence-electron chi connectivity index (χ3n) is 5.36. The Morgan fingerprint density at radius 2 is 1.39 bits per heavy atom. The molecule has 0 aromatic heterocycles. The van der Waals surface area contributed by atoms with Crippen LogP contribution in [-0.4, -0.2) is 24.3 Å². The summed E-state index contributed by atoms with van der Waals surface area (Å²) in [5.41, 5.74) is 7.68. The molecule has 8 heteroatoms. The van der Waals surface area contributed by atoms with Crippen molar-refractivity contribution in [1.29, 1.82) is 0 Å². The summed E-state index contributed by atoms with van der Waals surface area (Å²) in [6.45, 7) is 8.79. The Morgan fingerprint density at radius 1 is 0.806 bits per heavy atom. The molecule has 0 radical (unpaired) electrons. The number of amides is 3. The highest BCUT2D eigenvalue weighted by atomic mass is 79.9. The maximum absolute atomic E-state index is 12.6. The Kier molecular flexibility index (Phi) is 8.88. The quantitative estimate of drug-likeness (QED) is 0.320. The van der Waals surface area contributed by atoms with Crippen molar-refractivity contribution < 1.29 is 19.1 Å². The van der Waals surface area contributed by atoms with Crippen LogP contribution >= 0.6 is 15.9 Å². The van der Waals surface area contributed by atoms with E-state index in [9.17, 15) is 14.4 Å². The van der Waals surface area contributed by atoms with Gasteiger partial charge in [0.1, 0.15) is 5.75 Å². The van der Waals surface area contributed by atoms with Gasteiger partial charge in [-0.1, -0.05) is 55.8 Å². The summed E-state index contributed by atoms with van der Waals surface area (Å²) in [5.74, 6) is -0.808. The van der Waals surface area contributed by atoms with E-state index in [0.29, 0.717) is 39.2 Å². The number of rotatable bonds is 7. The van der Waals surface area contributed by atoms with Crippen molar-refractivity contribution in [2.24, 2.45) is 0 Å². The summed E-state index contributed by atoms with van der Waals surface area (Å²) in [4.78, 5) is 37.7. The van der Waals surface area contributed by atoms with Gasteiger partial charge in [-0.05, 0) is 72.0 Å². The van der Waals surface area contributed by atoms with Gasteiger partial charge < -0.3 is 10.1 Å². The minimum absolute atomic E-state index is 0.00788. The first-order chi connectivity index (χ1) is 17.1. The monoisotopic (exact) mass is 551 g/mol. The molecular weight excluding hydrogens is 522 g/mol. The number of carbonyl (C=O) groups excluding carboxylic acids is 3. The second-order valence-corrected chi connectivity index (χ2v) is 10.2. The number of ether oxygens (including phenoxy) is 1. The Morgan fingerprint density at radius 3 is 2.00 bits per heavy atom. The SMILES string of the molecule is CCCOc1ccc(Br)cc1C(=O)NNC(=O)c1ccc(NC(=O)c2ccc(C(C)(C)C)cc2)cc1. The molecule has 3 N–H and O–H groups in total. The van der Waals surface area contributed by atoms with Crippen LogP contribution in [0.4, 0.5) is 5.69 Å². The van der Waals surface area contributed by atoms with Crippen molar-refractivity contribution in [2.75, 3.05) is 11.9 Å². The van der Waals surface area contributed by atoms with E-state index in [-0.39, 0.29) is 11.3 Å². The minimum atomic E-state index is -0.503. The third-order valence-corrected chi connectivity index (χ3v) is 5.85. The van der Waals surface area contributed by atoms with E-state index in [1.165, 1.54) is 0 Å². The van der Waals surface area contributed by atoms with Gasteiger partial charge >= 0.3 is 0 Å². The summed E-state index contributed by atoms with van der Waals surface area (Å²) in [5, 5.41) is 2.82. The van der Waals surface area contributed by atoms with E-state index < -0.39 is 11.8 Å². The normalized spacial score (nSPS) is 10.9. The summed E-state index contributed by atoms with van der Waals surface area (Å²) in [7, 11) is 0. The molecule has 0 aliphatic heterocycles. The van der Waals surface area contributed by atoms with Crippen LogP contribution in [0, 0.1) is 0 Å². The molecular formula is C28H30BrN3O4. The van der Waals surface area contributed by atoms with Crippen molar-refractivity contribution in [2.45, 2.75) is 39.5 Å². The van der Waals surface area contributed by atoms with E-state index >= 15 is 0 Å². The van der Waals surface area contributed by atoms with E-state index in [1.807, 2.05) is 19.1 Å². The molecule has 0 saturated heterocycles. The molecule has 0 aliphatic carbocycles. The summed E-state index contributed by atoms with van der Waals surface area (Å²) >= 11 is 3.35. The first-order valence-corrected chi connectivity index (χ1v) is 12.4. The first kappa shape index (κ1) is 26.9. The van der Waals surface area contributed by atoms with Gasteiger partial charge in [0.15, 0.2) is 0 Å². The van der Waals surface area contributed by atoms with Gasteiger partial charge in [0.05, 0.1) is 12.2 Å². The van der Waals surface area contributed by atoms with Gasteiger partial charge in [0.2, 0.25) is 0 Å². The van der Waals surface area contributed by atoms with Crippen molar-refractivity contribution in [3.63, 3.8) is 0 Å². The van der Waals surface area contributed by atoms with E-state index in [0.717, 1.165) is 12.0 Å². The van der Waals surface area contributed by atoms with E-state index in [4.69, 9.17) is 4.74 Å². The molecule has 3 aromatic carbocycles. The molecule has 7 nitrogen and oxygen atoms in total. The molecule has 0 unspecified atom stereocenters. The van der Waals surface area contributed by atoms with Gasteiger partial charge in [0.25, 0.3) is 17.7 Å². The average Bonchev–Trinajstić information content (AvgIpc) is 2.86. The molecule has 36 heavy (non-hydrogen) atoms. The summed E-state index contributed by atoms with van der Waals surface area (Å²) < 4.78 is 6.34. The highest BCUT2D eigenvalue weighted by Gasteiger charge is 2.16. The molecule has 0 spiro atoms. The van der Waals surface area contributed by atoms with Crippen molar-refractivity contribution in [3.05, 3.63) is 93.5 Å². The van der Waals surface area contributed by atoms with Crippen LogP contribution in [0.3, 0.4) is 0 Å². The molecule has 0 atom stereocenters. The zero-order valence-electron chi connectivity index (χ0n) is 20.8. The first-order valence-electron chi connectivity index (χ1n) is 11.6. The molecule has 0 heterocycles. The summed E-state index contributed by atoms with van der Waals surface area (Å²) in [6.07, 6.45) is 0.799. The lowest BCUT2D eigenvalue weighted by Crippen LogP contribution is -2.41. The maximum atomic E-state index is 12.6. The third kappa shape index (κ3) is 7.18. The van der Waals surface area contributed by atoms with Crippen LogP contribution in [0.15, 0.2) is 71.2 Å². The van der Waals surface area contributed by atoms with Crippen molar-refractivity contribution >= 4 is 39.3 Å².